The molecule has 0 aliphatic carbocycles. The maximum atomic E-state index is 5.72. The van der Waals surface area contributed by atoms with Crippen LogP contribution >= 0.6 is 38.9 Å². The summed E-state index contributed by atoms with van der Waals surface area (Å²) in [4.78, 5) is 1.25. The Morgan fingerprint density at radius 3 is 3.00 bits per heavy atom. The van der Waals surface area contributed by atoms with Gasteiger partial charge >= 0.3 is 0 Å². The Morgan fingerprint density at radius 1 is 1.50 bits per heavy atom. The Hall–Kier alpha value is -0.390. The second kappa shape index (κ2) is 4.42. The fraction of sp³-hybridized carbons (Fsp3) is 0.250. The maximum Gasteiger partial charge on any atom is 0.148 e. The van der Waals surface area contributed by atoms with Crippen molar-refractivity contribution in [3.63, 3.8) is 0 Å². The molecule has 74 valence electrons. The minimum atomic E-state index is 0.395. The van der Waals surface area contributed by atoms with Crippen LogP contribution in [0.4, 0.5) is 0 Å². The van der Waals surface area contributed by atoms with Gasteiger partial charge in [-0.2, -0.15) is 0 Å². The van der Waals surface area contributed by atoms with Crippen LogP contribution in [-0.2, 0) is 12.4 Å². The molecule has 0 unspecified atom stereocenters. The van der Waals surface area contributed by atoms with E-state index in [9.17, 15) is 0 Å². The van der Waals surface area contributed by atoms with Crippen LogP contribution in [0.1, 0.15) is 10.7 Å². The van der Waals surface area contributed by atoms with Gasteiger partial charge < -0.3 is 4.57 Å². The SMILES string of the molecule is ClCc1nncn1Cc1ccc(Br)s1. The molecular weight excluding hydrogens is 286 g/mol. The highest BCUT2D eigenvalue weighted by atomic mass is 79.9. The van der Waals surface area contributed by atoms with Crippen LogP contribution in [0, 0.1) is 0 Å². The van der Waals surface area contributed by atoms with Crippen LogP contribution in [0.3, 0.4) is 0 Å². The molecule has 0 amide bonds. The first-order chi connectivity index (χ1) is 6.79. The van der Waals surface area contributed by atoms with Gasteiger partial charge in [0.15, 0.2) is 0 Å². The van der Waals surface area contributed by atoms with Gasteiger partial charge in [0.25, 0.3) is 0 Å². The normalized spacial score (nSPS) is 10.7. The van der Waals surface area contributed by atoms with Gasteiger partial charge in [-0.25, -0.2) is 0 Å². The van der Waals surface area contributed by atoms with Gasteiger partial charge in [0.1, 0.15) is 12.2 Å². The number of rotatable bonds is 3. The van der Waals surface area contributed by atoms with E-state index in [-0.39, 0.29) is 0 Å². The molecule has 0 aliphatic rings. The Balaban J connectivity index is 2.18. The average molecular weight is 293 g/mol. The lowest BCUT2D eigenvalue weighted by molar-refractivity contribution is 0.764. The van der Waals surface area contributed by atoms with Crippen LogP contribution in [0.5, 0.6) is 0 Å². The van der Waals surface area contributed by atoms with E-state index in [0.29, 0.717) is 5.88 Å². The second-order valence-electron chi connectivity index (χ2n) is 2.71. The van der Waals surface area contributed by atoms with E-state index in [4.69, 9.17) is 11.6 Å². The van der Waals surface area contributed by atoms with Gasteiger partial charge in [0.05, 0.1) is 16.2 Å². The van der Waals surface area contributed by atoms with E-state index in [1.807, 2.05) is 10.6 Å². The zero-order valence-electron chi connectivity index (χ0n) is 7.15. The van der Waals surface area contributed by atoms with Crippen LogP contribution < -0.4 is 0 Å². The zero-order chi connectivity index (χ0) is 9.97. The fourth-order valence-corrected chi connectivity index (χ4v) is 2.81. The van der Waals surface area contributed by atoms with Crippen molar-refractivity contribution in [3.05, 3.63) is 32.9 Å². The highest BCUT2D eigenvalue weighted by molar-refractivity contribution is 9.11. The molecule has 3 nitrogen and oxygen atoms in total. The van der Waals surface area contributed by atoms with Gasteiger partial charge in [-0.1, -0.05) is 0 Å². The predicted molar refractivity (Wildman–Crippen MR) is 60.7 cm³/mol. The third-order valence-electron chi connectivity index (χ3n) is 1.77. The number of aromatic nitrogens is 3. The first-order valence-corrected chi connectivity index (χ1v) is 6.11. The predicted octanol–water partition coefficient (Wildman–Crippen LogP) is 2.89. The summed E-state index contributed by atoms with van der Waals surface area (Å²) in [6.45, 7) is 0.783. The molecule has 0 radical (unpaired) electrons. The van der Waals surface area contributed by atoms with Gasteiger partial charge in [0, 0.05) is 4.88 Å². The topological polar surface area (TPSA) is 30.7 Å². The quantitative estimate of drug-likeness (QED) is 0.815. The third kappa shape index (κ3) is 2.16. The Labute approximate surface area is 98.9 Å². The highest BCUT2D eigenvalue weighted by Crippen LogP contribution is 2.23. The molecule has 14 heavy (non-hydrogen) atoms. The standard InChI is InChI=1S/C8H7BrClN3S/c9-7-2-1-6(14-7)4-13-5-11-12-8(13)3-10/h1-2,5H,3-4H2. The largest absolute Gasteiger partial charge is 0.311 e. The van der Waals surface area contributed by atoms with Crippen molar-refractivity contribution in [2.75, 3.05) is 0 Å². The first-order valence-electron chi connectivity index (χ1n) is 3.96. The average Bonchev–Trinajstić information content (AvgIpc) is 2.76. The summed E-state index contributed by atoms with van der Waals surface area (Å²) < 4.78 is 3.08. The fourth-order valence-electron chi connectivity index (χ4n) is 1.12. The number of hydrogen-bond acceptors (Lipinski definition) is 3. The molecule has 0 fully saturated rings. The van der Waals surface area contributed by atoms with Crippen molar-refractivity contribution in [1.82, 2.24) is 14.8 Å². The van der Waals surface area contributed by atoms with Gasteiger partial charge in [-0.05, 0) is 28.1 Å². The monoisotopic (exact) mass is 291 g/mol. The molecule has 0 aliphatic heterocycles. The molecule has 0 bridgehead atoms. The number of alkyl halides is 1. The van der Waals surface area contributed by atoms with Gasteiger partial charge in [0.2, 0.25) is 0 Å². The van der Waals surface area contributed by atoms with E-state index in [0.717, 1.165) is 16.2 Å². The molecule has 2 heterocycles. The minimum Gasteiger partial charge on any atom is -0.311 e. The van der Waals surface area contributed by atoms with Crippen molar-refractivity contribution in [1.29, 1.82) is 0 Å². The minimum absolute atomic E-state index is 0.395. The van der Waals surface area contributed by atoms with Crippen LogP contribution in [-0.4, -0.2) is 14.8 Å². The molecule has 0 N–H and O–H groups in total. The zero-order valence-corrected chi connectivity index (χ0v) is 10.3. The molecule has 0 saturated carbocycles. The van der Waals surface area contributed by atoms with E-state index in [2.05, 4.69) is 32.2 Å². The number of nitrogens with zero attached hydrogens (tertiary/aromatic N) is 3. The van der Waals surface area contributed by atoms with Crippen LogP contribution in [0.25, 0.3) is 0 Å². The molecule has 0 saturated heterocycles. The molecule has 0 spiro atoms. The number of thiophene rings is 1. The maximum absolute atomic E-state index is 5.72. The van der Waals surface area contributed by atoms with Crippen molar-refractivity contribution in [2.45, 2.75) is 12.4 Å². The summed E-state index contributed by atoms with van der Waals surface area (Å²) in [6.07, 6.45) is 1.70. The Bertz CT molecular complexity index is 426. The number of halogens is 2. The van der Waals surface area contributed by atoms with Crippen molar-refractivity contribution < 1.29 is 0 Å². The smallest absolute Gasteiger partial charge is 0.148 e. The van der Waals surface area contributed by atoms with Crippen LogP contribution in [0.2, 0.25) is 0 Å². The van der Waals surface area contributed by atoms with Crippen LogP contribution in [0.15, 0.2) is 22.2 Å². The van der Waals surface area contributed by atoms with Crippen molar-refractivity contribution >= 4 is 38.9 Å². The summed E-state index contributed by atoms with van der Waals surface area (Å²) in [6, 6.07) is 4.11. The summed E-state index contributed by atoms with van der Waals surface area (Å²) in [5.41, 5.74) is 0. The summed E-state index contributed by atoms with van der Waals surface area (Å²) >= 11 is 10.8. The van der Waals surface area contributed by atoms with Crippen molar-refractivity contribution in [2.24, 2.45) is 0 Å². The molecule has 2 rings (SSSR count). The Kier molecular flexibility index (Phi) is 3.20. The lowest BCUT2D eigenvalue weighted by atomic mass is 10.4. The van der Waals surface area contributed by atoms with E-state index in [1.165, 1.54) is 4.88 Å². The molecule has 6 heteroatoms. The third-order valence-corrected chi connectivity index (χ3v) is 3.62. The van der Waals surface area contributed by atoms with E-state index < -0.39 is 0 Å². The lowest BCUT2D eigenvalue weighted by Gasteiger charge is -2.01. The van der Waals surface area contributed by atoms with Gasteiger partial charge in [-0.3, -0.25) is 0 Å². The number of hydrogen-bond donors (Lipinski definition) is 0. The molecule has 0 aromatic carbocycles. The highest BCUT2D eigenvalue weighted by Gasteiger charge is 2.04. The second-order valence-corrected chi connectivity index (χ2v) is 5.53. The Morgan fingerprint density at radius 2 is 2.36 bits per heavy atom. The lowest BCUT2D eigenvalue weighted by Crippen LogP contribution is -2.00. The molecular formula is C8H7BrClN3S. The summed E-state index contributed by atoms with van der Waals surface area (Å²) in [5, 5.41) is 7.73. The molecule has 2 aromatic rings. The summed E-state index contributed by atoms with van der Waals surface area (Å²) in [7, 11) is 0. The van der Waals surface area contributed by atoms with Crippen molar-refractivity contribution in [3.8, 4) is 0 Å². The van der Waals surface area contributed by atoms with E-state index >= 15 is 0 Å². The molecule has 2 aromatic heterocycles. The first kappa shape index (κ1) is 10.1. The van der Waals surface area contributed by atoms with E-state index in [1.54, 1.807) is 17.7 Å². The molecule has 0 atom stereocenters. The summed E-state index contributed by atoms with van der Waals surface area (Å²) in [5.74, 6) is 1.20. The van der Waals surface area contributed by atoms with Gasteiger partial charge in [-0.15, -0.1) is 33.1 Å².